The number of nitrogens with one attached hydrogen (secondary N) is 2. The Hall–Kier alpha value is -1.77. The van der Waals surface area contributed by atoms with E-state index in [1.165, 1.54) is 25.0 Å². The number of carbonyl (C=O) groups is 1. The van der Waals surface area contributed by atoms with Crippen LogP contribution in [0.2, 0.25) is 5.02 Å². The molecule has 1 unspecified atom stereocenters. The highest BCUT2D eigenvalue weighted by Crippen LogP contribution is 2.41. The lowest BCUT2D eigenvalue weighted by Gasteiger charge is -2.34. The number of hydrogen-bond acceptors (Lipinski definition) is 5. The quantitative estimate of drug-likeness (QED) is 0.426. The molecule has 4 rings (SSSR count). The molecule has 0 radical (unpaired) electrons. The molecule has 2 amide bonds. The van der Waals surface area contributed by atoms with E-state index in [0.29, 0.717) is 18.9 Å². The molecule has 2 fully saturated rings. The van der Waals surface area contributed by atoms with Gasteiger partial charge in [-0.15, -0.1) is 0 Å². The number of sulfone groups is 1. The van der Waals surface area contributed by atoms with Gasteiger partial charge in [-0.2, -0.15) is 0 Å². The molecule has 9 heteroatoms. The zero-order valence-electron chi connectivity index (χ0n) is 18.4. The number of benzene rings is 1. The predicted molar refractivity (Wildman–Crippen MR) is 126 cm³/mol. The van der Waals surface area contributed by atoms with Crippen molar-refractivity contribution in [3.05, 3.63) is 28.8 Å². The summed E-state index contributed by atoms with van der Waals surface area (Å²) in [6, 6.07) is 2.74. The van der Waals surface area contributed by atoms with E-state index < -0.39 is 26.9 Å². The number of phenolic OH excluding ortho intramolecular Hbond substituents is 1. The topological polar surface area (TPSA) is 98.7 Å². The normalized spacial score (nSPS) is 26.7. The molecule has 1 aromatic rings. The van der Waals surface area contributed by atoms with Gasteiger partial charge in [0.05, 0.1) is 22.0 Å². The van der Waals surface area contributed by atoms with Crippen LogP contribution in [0.1, 0.15) is 58.3 Å². The standard InChI is InChI=1S/C23H32ClN3O4S/c1-15-5-4-6-19(15)25-23(29)26-20-12-11-18(24)22(21(20)28)32(30,31)17-9-7-16(8-10-17)27-13-2-3-14-27/h5,11-12,16-17,19,28H,2-4,6-10,13-14H2,1H3,(H2,25,26,29). The number of nitrogens with zero attached hydrogens (tertiary/aromatic N) is 1. The van der Waals surface area contributed by atoms with Crippen LogP contribution < -0.4 is 10.6 Å². The maximum absolute atomic E-state index is 13.4. The number of likely N-dealkylation sites (tertiary alicyclic amines) is 1. The highest BCUT2D eigenvalue weighted by molar-refractivity contribution is 7.92. The van der Waals surface area contributed by atoms with Crippen molar-refractivity contribution in [1.29, 1.82) is 0 Å². The molecule has 0 bridgehead atoms. The number of rotatable bonds is 5. The number of urea groups is 1. The van der Waals surface area contributed by atoms with Crippen molar-refractivity contribution in [2.75, 3.05) is 18.4 Å². The van der Waals surface area contributed by atoms with Crippen LogP contribution in [0.5, 0.6) is 5.75 Å². The summed E-state index contributed by atoms with van der Waals surface area (Å²) in [5.41, 5.74) is 1.13. The van der Waals surface area contributed by atoms with E-state index in [0.717, 1.165) is 44.3 Å². The average molecular weight is 482 g/mol. The van der Waals surface area contributed by atoms with E-state index in [-0.39, 0.29) is 21.6 Å². The van der Waals surface area contributed by atoms with Gasteiger partial charge in [-0.05, 0) is 83.5 Å². The number of carbonyl (C=O) groups excluding carboxylic acids is 1. The van der Waals surface area contributed by atoms with Gasteiger partial charge in [-0.3, -0.25) is 0 Å². The monoisotopic (exact) mass is 481 g/mol. The second kappa shape index (κ2) is 9.61. The molecule has 7 nitrogen and oxygen atoms in total. The summed E-state index contributed by atoms with van der Waals surface area (Å²) in [5, 5.41) is 15.6. The molecule has 176 valence electrons. The summed E-state index contributed by atoms with van der Waals surface area (Å²) in [4.78, 5) is 14.6. The molecule has 2 aliphatic carbocycles. The SMILES string of the molecule is CC1=CCCC1NC(=O)Nc1ccc(Cl)c(S(=O)(=O)C2CCC(N3CCCC3)CC2)c1O. The van der Waals surface area contributed by atoms with Gasteiger partial charge in [0.25, 0.3) is 0 Å². The Labute approximate surface area is 195 Å². The molecule has 1 saturated carbocycles. The molecule has 3 aliphatic rings. The van der Waals surface area contributed by atoms with Crippen molar-refractivity contribution in [2.24, 2.45) is 0 Å². The van der Waals surface area contributed by atoms with E-state index in [4.69, 9.17) is 11.6 Å². The Morgan fingerprint density at radius 3 is 2.44 bits per heavy atom. The summed E-state index contributed by atoms with van der Waals surface area (Å²) in [6.07, 6.45) is 8.99. The van der Waals surface area contributed by atoms with Crippen LogP contribution in [0.4, 0.5) is 10.5 Å². The van der Waals surface area contributed by atoms with Gasteiger partial charge in [0.15, 0.2) is 15.6 Å². The number of amides is 2. The first-order chi connectivity index (χ1) is 15.3. The largest absolute Gasteiger partial charge is 0.504 e. The fraction of sp³-hybridized carbons (Fsp3) is 0.609. The van der Waals surface area contributed by atoms with Crippen molar-refractivity contribution in [3.8, 4) is 5.75 Å². The molecule has 32 heavy (non-hydrogen) atoms. The molecule has 1 atom stereocenters. The highest BCUT2D eigenvalue weighted by atomic mass is 35.5. The summed E-state index contributed by atoms with van der Waals surface area (Å²) < 4.78 is 26.8. The lowest BCUT2D eigenvalue weighted by Crippen LogP contribution is -2.39. The molecular weight excluding hydrogens is 450 g/mol. The van der Waals surface area contributed by atoms with Crippen molar-refractivity contribution < 1.29 is 18.3 Å². The van der Waals surface area contributed by atoms with E-state index in [1.807, 2.05) is 6.92 Å². The number of aromatic hydroxyl groups is 1. The van der Waals surface area contributed by atoms with Crippen LogP contribution in [-0.4, -0.2) is 54.9 Å². The fourth-order valence-electron chi connectivity index (χ4n) is 5.26. The minimum atomic E-state index is -3.84. The Morgan fingerprint density at radius 2 is 1.81 bits per heavy atom. The Balaban J connectivity index is 1.47. The minimum Gasteiger partial charge on any atom is -0.504 e. The van der Waals surface area contributed by atoms with Crippen molar-refractivity contribution in [3.63, 3.8) is 0 Å². The molecule has 1 saturated heterocycles. The first kappa shape index (κ1) is 23.4. The van der Waals surface area contributed by atoms with E-state index >= 15 is 0 Å². The van der Waals surface area contributed by atoms with Gasteiger partial charge in [-0.1, -0.05) is 23.3 Å². The van der Waals surface area contributed by atoms with Crippen LogP contribution in [-0.2, 0) is 9.84 Å². The molecule has 0 spiro atoms. The number of hydrogen-bond donors (Lipinski definition) is 3. The predicted octanol–water partition coefficient (Wildman–Crippen LogP) is 4.46. The third kappa shape index (κ3) is 4.77. The lowest BCUT2D eigenvalue weighted by atomic mass is 9.94. The zero-order chi connectivity index (χ0) is 22.9. The Kier molecular flexibility index (Phi) is 7.03. The lowest BCUT2D eigenvalue weighted by molar-refractivity contribution is 0.192. The number of anilines is 1. The van der Waals surface area contributed by atoms with Gasteiger partial charge in [-0.25, -0.2) is 13.2 Å². The van der Waals surface area contributed by atoms with Crippen molar-refractivity contribution in [2.45, 2.75) is 80.5 Å². The Morgan fingerprint density at radius 1 is 1.12 bits per heavy atom. The van der Waals surface area contributed by atoms with Crippen LogP contribution in [0.25, 0.3) is 0 Å². The van der Waals surface area contributed by atoms with E-state index in [9.17, 15) is 18.3 Å². The number of phenols is 1. The van der Waals surface area contributed by atoms with Crippen LogP contribution in [0.15, 0.2) is 28.7 Å². The molecule has 1 aliphatic heterocycles. The van der Waals surface area contributed by atoms with Crippen molar-refractivity contribution in [1.82, 2.24) is 10.2 Å². The Bertz CT molecular complexity index is 997. The van der Waals surface area contributed by atoms with Crippen LogP contribution >= 0.6 is 11.6 Å². The smallest absolute Gasteiger partial charge is 0.319 e. The first-order valence-electron chi connectivity index (χ1n) is 11.5. The average Bonchev–Trinajstić information content (AvgIpc) is 3.43. The highest BCUT2D eigenvalue weighted by Gasteiger charge is 2.37. The number of halogens is 1. The second-order valence-corrected chi connectivity index (χ2v) is 11.7. The van der Waals surface area contributed by atoms with Crippen molar-refractivity contribution >= 4 is 33.2 Å². The summed E-state index contributed by atoms with van der Waals surface area (Å²) in [7, 11) is -3.84. The van der Waals surface area contributed by atoms with Crippen LogP contribution in [0.3, 0.4) is 0 Å². The van der Waals surface area contributed by atoms with Gasteiger partial charge in [0.1, 0.15) is 4.90 Å². The minimum absolute atomic E-state index is 0.0234. The summed E-state index contributed by atoms with van der Waals surface area (Å²) >= 11 is 6.25. The maximum Gasteiger partial charge on any atom is 0.319 e. The molecule has 0 aromatic heterocycles. The van der Waals surface area contributed by atoms with E-state index in [1.54, 1.807) is 0 Å². The molecule has 1 aromatic carbocycles. The maximum atomic E-state index is 13.4. The third-order valence-corrected chi connectivity index (χ3v) is 9.89. The van der Waals surface area contributed by atoms with Gasteiger partial charge in [0, 0.05) is 6.04 Å². The summed E-state index contributed by atoms with van der Waals surface area (Å²) in [5.74, 6) is -0.493. The molecular formula is C23H32ClN3O4S. The third-order valence-electron chi connectivity index (χ3n) is 7.13. The molecule has 1 heterocycles. The van der Waals surface area contributed by atoms with Crippen LogP contribution in [0, 0.1) is 0 Å². The second-order valence-electron chi connectivity index (χ2n) is 9.17. The first-order valence-corrected chi connectivity index (χ1v) is 13.4. The van der Waals surface area contributed by atoms with Gasteiger partial charge >= 0.3 is 6.03 Å². The summed E-state index contributed by atoms with van der Waals surface area (Å²) in [6.45, 7) is 4.15. The van der Waals surface area contributed by atoms with E-state index in [2.05, 4.69) is 21.6 Å². The van der Waals surface area contributed by atoms with Gasteiger partial charge in [0.2, 0.25) is 0 Å². The zero-order valence-corrected chi connectivity index (χ0v) is 20.0. The number of allylic oxidation sites excluding steroid dienone is 1. The fourth-order valence-corrected chi connectivity index (χ4v) is 7.68. The molecule has 3 N–H and O–H groups in total. The van der Waals surface area contributed by atoms with Gasteiger partial charge < -0.3 is 20.6 Å².